The largest absolute Gasteiger partial charge is 0.465 e. The van der Waals surface area contributed by atoms with Crippen LogP contribution in [0.15, 0.2) is 12.2 Å². The van der Waals surface area contributed by atoms with E-state index in [1.165, 1.54) is 38.5 Å². The first-order chi connectivity index (χ1) is 13.6. The molecule has 162 valence electrons. The summed E-state index contributed by atoms with van der Waals surface area (Å²) in [4.78, 5) is 12.2. The van der Waals surface area contributed by atoms with Crippen LogP contribution in [0.3, 0.4) is 0 Å². The number of carbonyl (C=O) groups is 1. The molecule has 0 aliphatic heterocycles. The van der Waals surface area contributed by atoms with Gasteiger partial charge < -0.3 is 4.74 Å². The van der Waals surface area contributed by atoms with Gasteiger partial charge in [-0.25, -0.2) is 4.39 Å². The SMILES string of the molecule is C=C1CCC(SCCCC2CCC(C(=O)OCCCCCCC)CC2)CC1F. The highest BCUT2D eigenvalue weighted by molar-refractivity contribution is 7.99. The Morgan fingerprint density at radius 3 is 2.57 bits per heavy atom. The number of halogens is 1. The highest BCUT2D eigenvalue weighted by atomic mass is 32.2. The molecule has 0 bridgehead atoms. The summed E-state index contributed by atoms with van der Waals surface area (Å²) in [6.07, 6.45) is 14.6. The van der Waals surface area contributed by atoms with Crippen LogP contribution in [0, 0.1) is 11.8 Å². The third-order valence-corrected chi connectivity index (χ3v) is 7.91. The van der Waals surface area contributed by atoms with Gasteiger partial charge in [-0.05, 0) is 81.5 Å². The van der Waals surface area contributed by atoms with Crippen molar-refractivity contribution in [2.24, 2.45) is 11.8 Å². The summed E-state index contributed by atoms with van der Waals surface area (Å²) >= 11 is 1.96. The number of allylic oxidation sites excluding steroid dienone is 1. The molecule has 2 aliphatic rings. The summed E-state index contributed by atoms with van der Waals surface area (Å²) in [6.45, 7) is 6.64. The standard InChI is InChI=1S/C24H41FO2S/c1-3-4-5-6-7-16-27-24(26)21-13-11-20(12-14-21)9-8-17-28-22-15-10-19(2)23(25)18-22/h20-23H,2-18H2,1H3. The van der Waals surface area contributed by atoms with E-state index in [4.69, 9.17) is 4.74 Å². The van der Waals surface area contributed by atoms with Crippen LogP contribution in [-0.4, -0.2) is 29.8 Å². The second-order valence-corrected chi connectivity index (χ2v) is 10.2. The van der Waals surface area contributed by atoms with Crippen molar-refractivity contribution >= 4 is 17.7 Å². The average molecular weight is 413 g/mol. The van der Waals surface area contributed by atoms with Gasteiger partial charge in [0.25, 0.3) is 0 Å². The van der Waals surface area contributed by atoms with Crippen molar-refractivity contribution in [1.82, 2.24) is 0 Å². The molecule has 2 aliphatic carbocycles. The number of alkyl halides is 1. The molecule has 4 heteroatoms. The number of hydrogen-bond donors (Lipinski definition) is 0. The van der Waals surface area contributed by atoms with Gasteiger partial charge in [-0.15, -0.1) is 0 Å². The van der Waals surface area contributed by atoms with Crippen LogP contribution in [0.5, 0.6) is 0 Å². The molecule has 0 aromatic rings. The molecule has 0 aromatic carbocycles. The first-order valence-corrected chi connectivity index (χ1v) is 12.7. The quantitative estimate of drug-likeness (QED) is 0.191. The average Bonchev–Trinajstić information content (AvgIpc) is 2.71. The Hall–Kier alpha value is -0.510. The maximum absolute atomic E-state index is 13.7. The molecule has 0 N–H and O–H groups in total. The maximum Gasteiger partial charge on any atom is 0.308 e. The molecule has 0 heterocycles. The van der Waals surface area contributed by atoms with Crippen LogP contribution in [0.1, 0.15) is 96.8 Å². The van der Waals surface area contributed by atoms with E-state index in [9.17, 15) is 9.18 Å². The van der Waals surface area contributed by atoms with Gasteiger partial charge in [0.1, 0.15) is 6.17 Å². The van der Waals surface area contributed by atoms with Crippen molar-refractivity contribution < 1.29 is 13.9 Å². The van der Waals surface area contributed by atoms with Crippen LogP contribution in [-0.2, 0) is 9.53 Å². The van der Waals surface area contributed by atoms with Crippen LogP contribution in [0.4, 0.5) is 4.39 Å². The van der Waals surface area contributed by atoms with Gasteiger partial charge in [0.2, 0.25) is 0 Å². The lowest BCUT2D eigenvalue weighted by atomic mass is 9.80. The Morgan fingerprint density at radius 1 is 1.11 bits per heavy atom. The van der Waals surface area contributed by atoms with E-state index in [1.54, 1.807) is 0 Å². The Bertz CT molecular complexity index is 460. The van der Waals surface area contributed by atoms with Crippen molar-refractivity contribution in [2.75, 3.05) is 12.4 Å². The predicted molar refractivity (Wildman–Crippen MR) is 119 cm³/mol. The fourth-order valence-corrected chi connectivity index (χ4v) is 5.73. The van der Waals surface area contributed by atoms with Crippen molar-refractivity contribution in [1.29, 1.82) is 0 Å². The van der Waals surface area contributed by atoms with Gasteiger partial charge in [0, 0.05) is 5.25 Å². The fourth-order valence-electron chi connectivity index (χ4n) is 4.47. The minimum atomic E-state index is -0.780. The van der Waals surface area contributed by atoms with Gasteiger partial charge in [0.05, 0.1) is 12.5 Å². The second kappa shape index (κ2) is 13.7. The molecule has 2 saturated carbocycles. The van der Waals surface area contributed by atoms with Gasteiger partial charge in [-0.3, -0.25) is 4.79 Å². The first-order valence-electron chi connectivity index (χ1n) is 11.7. The minimum Gasteiger partial charge on any atom is -0.465 e. The van der Waals surface area contributed by atoms with Gasteiger partial charge >= 0.3 is 5.97 Å². The highest BCUT2D eigenvalue weighted by Crippen LogP contribution is 2.35. The third-order valence-electron chi connectivity index (χ3n) is 6.48. The van der Waals surface area contributed by atoms with Gasteiger partial charge in [-0.2, -0.15) is 11.8 Å². The van der Waals surface area contributed by atoms with E-state index >= 15 is 0 Å². The Balaban J connectivity index is 1.48. The molecule has 2 unspecified atom stereocenters. The van der Waals surface area contributed by atoms with E-state index < -0.39 is 6.17 Å². The van der Waals surface area contributed by atoms with E-state index in [1.807, 2.05) is 11.8 Å². The smallest absolute Gasteiger partial charge is 0.308 e. The zero-order chi connectivity index (χ0) is 20.2. The number of carbonyl (C=O) groups excluding carboxylic acids is 1. The number of ether oxygens (including phenoxy) is 1. The second-order valence-electron chi connectivity index (χ2n) is 8.83. The van der Waals surface area contributed by atoms with Crippen LogP contribution < -0.4 is 0 Å². The summed E-state index contributed by atoms with van der Waals surface area (Å²) in [5.41, 5.74) is 0.795. The molecule has 2 fully saturated rings. The number of thioether (sulfide) groups is 1. The van der Waals surface area contributed by atoms with E-state index in [-0.39, 0.29) is 11.9 Å². The number of unbranched alkanes of at least 4 members (excludes halogenated alkanes) is 4. The lowest BCUT2D eigenvalue weighted by Crippen LogP contribution is -2.24. The summed E-state index contributed by atoms with van der Waals surface area (Å²) in [7, 11) is 0. The molecule has 2 atom stereocenters. The zero-order valence-corrected chi connectivity index (χ0v) is 18.7. The summed E-state index contributed by atoms with van der Waals surface area (Å²) in [6, 6.07) is 0. The molecule has 0 amide bonds. The topological polar surface area (TPSA) is 26.3 Å². The maximum atomic E-state index is 13.7. The van der Waals surface area contributed by atoms with E-state index in [0.717, 1.165) is 62.2 Å². The molecule has 2 rings (SSSR count). The molecule has 0 aromatic heterocycles. The predicted octanol–water partition coefficient (Wildman–Crippen LogP) is 7.27. The van der Waals surface area contributed by atoms with E-state index in [2.05, 4.69) is 13.5 Å². The number of hydrogen-bond acceptors (Lipinski definition) is 3. The van der Waals surface area contributed by atoms with Crippen molar-refractivity contribution in [3.63, 3.8) is 0 Å². The van der Waals surface area contributed by atoms with Crippen molar-refractivity contribution in [3.8, 4) is 0 Å². The first kappa shape index (κ1) is 23.8. The Kier molecular flexibility index (Phi) is 11.6. The molecule has 2 nitrogen and oxygen atoms in total. The summed E-state index contributed by atoms with van der Waals surface area (Å²) in [5, 5.41) is 0.480. The molecule has 28 heavy (non-hydrogen) atoms. The molecular formula is C24H41FO2S. The van der Waals surface area contributed by atoms with Crippen LogP contribution in [0.2, 0.25) is 0 Å². The normalized spacial score (nSPS) is 28.3. The molecular weight excluding hydrogens is 371 g/mol. The minimum absolute atomic E-state index is 0.0455. The lowest BCUT2D eigenvalue weighted by molar-refractivity contribution is -0.150. The van der Waals surface area contributed by atoms with Gasteiger partial charge in [-0.1, -0.05) is 39.2 Å². The molecule has 0 saturated heterocycles. The van der Waals surface area contributed by atoms with E-state index in [0.29, 0.717) is 18.3 Å². The number of rotatable bonds is 12. The molecule has 0 spiro atoms. The Morgan fingerprint density at radius 2 is 1.86 bits per heavy atom. The lowest BCUT2D eigenvalue weighted by Gasteiger charge is -2.28. The zero-order valence-electron chi connectivity index (χ0n) is 17.9. The Labute approximate surface area is 176 Å². The van der Waals surface area contributed by atoms with Crippen molar-refractivity contribution in [2.45, 2.75) is 108 Å². The molecule has 0 radical (unpaired) electrons. The van der Waals surface area contributed by atoms with Crippen LogP contribution >= 0.6 is 11.8 Å². The van der Waals surface area contributed by atoms with Crippen LogP contribution in [0.25, 0.3) is 0 Å². The summed E-state index contributed by atoms with van der Waals surface area (Å²) < 4.78 is 19.2. The monoisotopic (exact) mass is 412 g/mol. The fraction of sp³-hybridized carbons (Fsp3) is 0.875. The highest BCUT2D eigenvalue weighted by Gasteiger charge is 2.27. The summed E-state index contributed by atoms with van der Waals surface area (Å²) in [5.74, 6) is 2.09. The third kappa shape index (κ3) is 8.88. The number of esters is 1. The van der Waals surface area contributed by atoms with Gasteiger partial charge in [0.15, 0.2) is 0 Å². The van der Waals surface area contributed by atoms with Crippen molar-refractivity contribution in [3.05, 3.63) is 12.2 Å².